The van der Waals surface area contributed by atoms with E-state index in [0.717, 1.165) is 5.56 Å². The SMILES string of the molecule is CCOC(=O)CN(Cc1ccccc1)S(=O)c1ccccc1[N+](=O)[O-]. The number of ether oxygens (including phenoxy) is 1. The number of hydrogen-bond acceptors (Lipinski definition) is 5. The summed E-state index contributed by atoms with van der Waals surface area (Å²) >= 11 is 0. The molecule has 0 bridgehead atoms. The first-order valence-electron chi connectivity index (χ1n) is 7.62. The van der Waals surface area contributed by atoms with Crippen LogP contribution in [0, 0.1) is 10.1 Å². The van der Waals surface area contributed by atoms with E-state index < -0.39 is 21.9 Å². The van der Waals surface area contributed by atoms with E-state index in [2.05, 4.69) is 0 Å². The van der Waals surface area contributed by atoms with E-state index in [1.54, 1.807) is 13.0 Å². The van der Waals surface area contributed by atoms with Crippen molar-refractivity contribution < 1.29 is 18.7 Å². The Labute approximate surface area is 148 Å². The van der Waals surface area contributed by atoms with Crippen LogP contribution in [0.2, 0.25) is 0 Å². The lowest BCUT2D eigenvalue weighted by molar-refractivity contribution is -0.387. The zero-order chi connectivity index (χ0) is 18.2. The van der Waals surface area contributed by atoms with Gasteiger partial charge >= 0.3 is 5.97 Å². The third-order valence-corrected chi connectivity index (χ3v) is 4.75. The van der Waals surface area contributed by atoms with Crippen LogP contribution in [0.5, 0.6) is 0 Å². The summed E-state index contributed by atoms with van der Waals surface area (Å²) in [6, 6.07) is 15.0. The van der Waals surface area contributed by atoms with E-state index in [-0.39, 0.29) is 30.3 Å². The number of carbonyl (C=O) groups excluding carboxylic acids is 1. The van der Waals surface area contributed by atoms with Crippen LogP contribution in [-0.2, 0) is 27.1 Å². The molecule has 8 heteroatoms. The Bertz CT molecular complexity index is 767. The first kappa shape index (κ1) is 18.8. The van der Waals surface area contributed by atoms with E-state index in [1.807, 2.05) is 30.3 Å². The Hall–Kier alpha value is -2.58. The van der Waals surface area contributed by atoms with Gasteiger partial charge in [0.1, 0.15) is 22.4 Å². The molecule has 7 nitrogen and oxygen atoms in total. The van der Waals surface area contributed by atoms with Crippen LogP contribution >= 0.6 is 0 Å². The van der Waals surface area contributed by atoms with Gasteiger partial charge in [-0.05, 0) is 18.6 Å². The van der Waals surface area contributed by atoms with Crippen molar-refractivity contribution in [3.63, 3.8) is 0 Å². The summed E-state index contributed by atoms with van der Waals surface area (Å²) in [5, 5.41) is 11.2. The van der Waals surface area contributed by atoms with Crippen LogP contribution in [0.3, 0.4) is 0 Å². The fraction of sp³-hybridized carbons (Fsp3) is 0.235. The largest absolute Gasteiger partial charge is 0.465 e. The molecule has 1 unspecified atom stereocenters. The first-order valence-corrected chi connectivity index (χ1v) is 8.73. The molecule has 0 fully saturated rings. The van der Waals surface area contributed by atoms with Crippen LogP contribution in [0.25, 0.3) is 0 Å². The number of para-hydroxylation sites is 1. The average molecular weight is 362 g/mol. The molecule has 132 valence electrons. The molecule has 0 radical (unpaired) electrons. The third-order valence-electron chi connectivity index (χ3n) is 3.30. The van der Waals surface area contributed by atoms with Crippen LogP contribution in [0.15, 0.2) is 59.5 Å². The summed E-state index contributed by atoms with van der Waals surface area (Å²) in [5.74, 6) is -0.537. The molecule has 0 saturated heterocycles. The molecule has 0 N–H and O–H groups in total. The molecule has 0 amide bonds. The Morgan fingerprint density at radius 1 is 1.16 bits per heavy atom. The molecule has 0 aliphatic heterocycles. The van der Waals surface area contributed by atoms with Crippen molar-refractivity contribution in [2.24, 2.45) is 0 Å². The van der Waals surface area contributed by atoms with E-state index >= 15 is 0 Å². The van der Waals surface area contributed by atoms with E-state index in [9.17, 15) is 19.1 Å². The second-order valence-corrected chi connectivity index (χ2v) is 6.52. The number of nitro groups is 1. The highest BCUT2D eigenvalue weighted by Gasteiger charge is 2.25. The van der Waals surface area contributed by atoms with Crippen LogP contribution in [-0.4, -0.2) is 32.6 Å². The van der Waals surface area contributed by atoms with E-state index in [4.69, 9.17) is 4.74 Å². The topological polar surface area (TPSA) is 89.8 Å². The van der Waals surface area contributed by atoms with Gasteiger partial charge < -0.3 is 4.74 Å². The van der Waals surface area contributed by atoms with Gasteiger partial charge in [0.2, 0.25) is 0 Å². The maximum Gasteiger partial charge on any atom is 0.321 e. The monoisotopic (exact) mass is 362 g/mol. The van der Waals surface area contributed by atoms with Gasteiger partial charge in [-0.3, -0.25) is 14.9 Å². The van der Waals surface area contributed by atoms with Crippen molar-refractivity contribution in [2.45, 2.75) is 18.4 Å². The van der Waals surface area contributed by atoms with Gasteiger partial charge in [-0.25, -0.2) is 8.51 Å². The van der Waals surface area contributed by atoms with Gasteiger partial charge in [-0.2, -0.15) is 0 Å². The molecule has 0 aliphatic carbocycles. The molecule has 0 aliphatic rings. The van der Waals surface area contributed by atoms with Crippen molar-refractivity contribution in [1.29, 1.82) is 0 Å². The first-order chi connectivity index (χ1) is 12.0. The molecule has 2 aromatic carbocycles. The fourth-order valence-corrected chi connectivity index (χ4v) is 3.49. The van der Waals surface area contributed by atoms with Gasteiger partial charge in [-0.1, -0.05) is 42.5 Å². The van der Waals surface area contributed by atoms with Gasteiger partial charge in [0.15, 0.2) is 0 Å². The van der Waals surface area contributed by atoms with Gasteiger partial charge in [-0.15, -0.1) is 0 Å². The van der Waals surface area contributed by atoms with Crippen molar-refractivity contribution >= 4 is 22.6 Å². The molecule has 0 saturated carbocycles. The molecular weight excluding hydrogens is 344 g/mol. The predicted octanol–water partition coefficient (Wildman–Crippen LogP) is 2.68. The van der Waals surface area contributed by atoms with Gasteiger partial charge in [0, 0.05) is 12.6 Å². The number of esters is 1. The van der Waals surface area contributed by atoms with Crippen molar-refractivity contribution in [1.82, 2.24) is 4.31 Å². The Balaban J connectivity index is 2.32. The smallest absolute Gasteiger partial charge is 0.321 e. The minimum atomic E-state index is -1.89. The number of nitrogens with zero attached hydrogens (tertiary/aromatic N) is 2. The highest BCUT2D eigenvalue weighted by Crippen LogP contribution is 2.24. The van der Waals surface area contributed by atoms with Crippen molar-refractivity contribution in [3.05, 3.63) is 70.3 Å². The Morgan fingerprint density at radius 2 is 1.80 bits per heavy atom. The maximum atomic E-state index is 12.9. The average Bonchev–Trinajstić information content (AvgIpc) is 2.61. The highest BCUT2D eigenvalue weighted by atomic mass is 32.2. The van der Waals surface area contributed by atoms with Gasteiger partial charge in [0.05, 0.1) is 11.5 Å². The van der Waals surface area contributed by atoms with Crippen LogP contribution < -0.4 is 0 Å². The zero-order valence-corrected chi connectivity index (χ0v) is 14.5. The number of benzene rings is 2. The van der Waals surface area contributed by atoms with Crippen molar-refractivity contribution in [3.8, 4) is 0 Å². The molecule has 1 atom stereocenters. The summed E-state index contributed by atoms with van der Waals surface area (Å²) in [6.07, 6.45) is 0. The lowest BCUT2D eigenvalue weighted by Crippen LogP contribution is -2.32. The van der Waals surface area contributed by atoms with Crippen LogP contribution in [0.1, 0.15) is 12.5 Å². The minimum Gasteiger partial charge on any atom is -0.465 e. The van der Waals surface area contributed by atoms with E-state index in [1.165, 1.54) is 22.5 Å². The second-order valence-electron chi connectivity index (χ2n) is 5.06. The lowest BCUT2D eigenvalue weighted by Gasteiger charge is -2.20. The molecule has 25 heavy (non-hydrogen) atoms. The number of rotatable bonds is 8. The molecule has 2 aromatic rings. The second kappa shape index (κ2) is 9.05. The Kier molecular flexibility index (Phi) is 6.79. The van der Waals surface area contributed by atoms with Crippen LogP contribution in [0.4, 0.5) is 5.69 Å². The molecule has 0 aromatic heterocycles. The summed E-state index contributed by atoms with van der Waals surface area (Å²) < 4.78 is 19.2. The quantitative estimate of drug-likeness (QED) is 0.409. The van der Waals surface area contributed by atoms with E-state index in [0.29, 0.717) is 0 Å². The lowest BCUT2D eigenvalue weighted by atomic mass is 10.2. The molecule has 0 heterocycles. The number of carbonyl (C=O) groups is 1. The highest BCUT2D eigenvalue weighted by molar-refractivity contribution is 7.82. The maximum absolute atomic E-state index is 12.9. The molecule has 2 rings (SSSR count). The number of hydrogen-bond donors (Lipinski definition) is 0. The van der Waals surface area contributed by atoms with Gasteiger partial charge in [0.25, 0.3) is 5.69 Å². The summed E-state index contributed by atoms with van der Waals surface area (Å²) in [6.45, 7) is 1.84. The van der Waals surface area contributed by atoms with Crippen molar-refractivity contribution in [2.75, 3.05) is 13.2 Å². The Morgan fingerprint density at radius 3 is 2.44 bits per heavy atom. The minimum absolute atomic E-state index is 0.0488. The third kappa shape index (κ3) is 5.20. The standard InChI is InChI=1S/C17H18N2O5S/c1-2-24-17(20)13-18(12-14-8-4-3-5-9-14)25(23)16-11-7-6-10-15(16)19(21)22/h3-11H,2,12-13H2,1H3. The molecule has 0 spiro atoms. The zero-order valence-electron chi connectivity index (χ0n) is 13.7. The fourth-order valence-electron chi connectivity index (χ4n) is 2.21. The predicted molar refractivity (Wildman–Crippen MR) is 93.0 cm³/mol. The normalized spacial score (nSPS) is 11.9. The molecular formula is C17H18N2O5S. The number of nitro benzene ring substituents is 1. The summed E-state index contributed by atoms with van der Waals surface area (Å²) in [7, 11) is -1.89. The summed E-state index contributed by atoms with van der Waals surface area (Å²) in [4.78, 5) is 22.5. The summed E-state index contributed by atoms with van der Waals surface area (Å²) in [5.41, 5.74) is 0.585.